The first-order chi connectivity index (χ1) is 12.9. The van der Waals surface area contributed by atoms with E-state index in [1.54, 1.807) is 43.5 Å². The molecule has 1 aromatic heterocycles. The van der Waals surface area contributed by atoms with Crippen LogP contribution < -0.4 is 19.8 Å². The lowest BCUT2D eigenvalue weighted by atomic mass is 9.99. The molecule has 0 fully saturated rings. The van der Waals surface area contributed by atoms with E-state index in [0.717, 1.165) is 10.9 Å². The van der Waals surface area contributed by atoms with Gasteiger partial charge in [-0.25, -0.2) is 4.79 Å². The molecule has 2 aromatic carbocycles. The quantitative estimate of drug-likeness (QED) is 0.617. The van der Waals surface area contributed by atoms with Crippen LogP contribution in [0.2, 0.25) is 0 Å². The van der Waals surface area contributed by atoms with Crippen molar-refractivity contribution in [1.29, 1.82) is 0 Å². The fraction of sp³-hybridized carbons (Fsp3) is 0.238. The number of ether oxygens (including phenoxy) is 3. The molecule has 0 aliphatic carbocycles. The zero-order valence-electron chi connectivity index (χ0n) is 15.6. The third kappa shape index (κ3) is 3.65. The maximum absolute atomic E-state index is 12.6. The number of carbonyl (C=O) groups excluding carboxylic acids is 1. The van der Waals surface area contributed by atoms with Crippen molar-refractivity contribution < 1.29 is 23.4 Å². The smallest absolute Gasteiger partial charge is 0.344 e. The largest absolute Gasteiger partial charge is 0.493 e. The highest BCUT2D eigenvalue weighted by Crippen LogP contribution is 2.34. The summed E-state index contributed by atoms with van der Waals surface area (Å²) < 4.78 is 21.5. The van der Waals surface area contributed by atoms with Gasteiger partial charge in [-0.1, -0.05) is 6.07 Å². The van der Waals surface area contributed by atoms with Crippen LogP contribution in [0.4, 0.5) is 0 Å². The van der Waals surface area contributed by atoms with E-state index in [0.29, 0.717) is 34.0 Å². The molecule has 3 aromatic rings. The normalized spacial score (nSPS) is 10.7. The van der Waals surface area contributed by atoms with Gasteiger partial charge in [0.15, 0.2) is 17.3 Å². The fourth-order valence-electron chi connectivity index (χ4n) is 2.93. The first-order valence-electron chi connectivity index (χ1n) is 8.36. The molecule has 0 atom stereocenters. The molecular weight excluding hydrogens is 348 g/mol. The summed E-state index contributed by atoms with van der Waals surface area (Å²) >= 11 is 0. The Kier molecular flexibility index (Phi) is 5.16. The Morgan fingerprint density at radius 3 is 2.44 bits per heavy atom. The van der Waals surface area contributed by atoms with Crippen LogP contribution in [0.3, 0.4) is 0 Å². The van der Waals surface area contributed by atoms with Gasteiger partial charge in [0.25, 0.3) is 0 Å². The van der Waals surface area contributed by atoms with E-state index in [9.17, 15) is 9.59 Å². The SMILES string of the molecule is COc1ccc(-c2c(C)c3cc(OCC(C)=O)ccc3oc2=O)cc1OC. The highest BCUT2D eigenvalue weighted by Gasteiger charge is 2.16. The van der Waals surface area contributed by atoms with Crippen molar-refractivity contribution in [3.63, 3.8) is 0 Å². The summed E-state index contributed by atoms with van der Waals surface area (Å²) in [6.45, 7) is 3.30. The van der Waals surface area contributed by atoms with E-state index in [4.69, 9.17) is 18.6 Å². The molecule has 0 saturated carbocycles. The Labute approximate surface area is 156 Å². The monoisotopic (exact) mass is 368 g/mol. The molecule has 0 unspecified atom stereocenters. The van der Waals surface area contributed by atoms with Crippen molar-refractivity contribution >= 4 is 16.8 Å². The Hall–Kier alpha value is -3.28. The minimum atomic E-state index is -0.440. The average molecular weight is 368 g/mol. The number of hydrogen-bond acceptors (Lipinski definition) is 6. The molecule has 6 heteroatoms. The molecule has 0 bridgehead atoms. The number of rotatable bonds is 6. The van der Waals surface area contributed by atoms with Gasteiger partial charge >= 0.3 is 5.63 Å². The van der Waals surface area contributed by atoms with Gasteiger partial charge in [0, 0.05) is 5.39 Å². The van der Waals surface area contributed by atoms with Gasteiger partial charge in [0.1, 0.15) is 17.9 Å². The van der Waals surface area contributed by atoms with Crippen LogP contribution in [0.15, 0.2) is 45.6 Å². The second-order valence-corrected chi connectivity index (χ2v) is 6.11. The third-order valence-electron chi connectivity index (χ3n) is 4.25. The van der Waals surface area contributed by atoms with Crippen molar-refractivity contribution in [2.75, 3.05) is 20.8 Å². The van der Waals surface area contributed by atoms with Gasteiger partial charge in [-0.15, -0.1) is 0 Å². The number of aryl methyl sites for hydroxylation is 1. The lowest BCUT2D eigenvalue weighted by molar-refractivity contribution is -0.118. The highest BCUT2D eigenvalue weighted by atomic mass is 16.5. The van der Waals surface area contributed by atoms with E-state index in [1.807, 2.05) is 6.92 Å². The third-order valence-corrected chi connectivity index (χ3v) is 4.25. The number of hydrogen-bond donors (Lipinski definition) is 0. The molecule has 27 heavy (non-hydrogen) atoms. The zero-order chi connectivity index (χ0) is 19.6. The molecule has 3 rings (SSSR count). The zero-order valence-corrected chi connectivity index (χ0v) is 15.6. The van der Waals surface area contributed by atoms with E-state index in [1.165, 1.54) is 14.0 Å². The predicted octanol–water partition coefficient (Wildman–Crippen LogP) is 3.75. The number of Topliss-reactive ketones (excluding diaryl/α,β-unsaturated/α-hetero) is 1. The molecule has 140 valence electrons. The molecule has 0 N–H and O–H groups in total. The maximum atomic E-state index is 12.6. The van der Waals surface area contributed by atoms with Gasteiger partial charge < -0.3 is 18.6 Å². The fourth-order valence-corrected chi connectivity index (χ4v) is 2.93. The minimum absolute atomic E-state index is 0.0100. The Bertz CT molecular complexity index is 1060. The first-order valence-corrected chi connectivity index (χ1v) is 8.36. The number of methoxy groups -OCH3 is 2. The lowest BCUT2D eigenvalue weighted by Crippen LogP contribution is -2.08. The second kappa shape index (κ2) is 7.53. The van der Waals surface area contributed by atoms with Crippen LogP contribution in [0.1, 0.15) is 12.5 Å². The minimum Gasteiger partial charge on any atom is -0.493 e. The van der Waals surface area contributed by atoms with Crippen molar-refractivity contribution in [3.8, 4) is 28.4 Å². The molecule has 0 spiro atoms. The van der Waals surface area contributed by atoms with Gasteiger partial charge in [-0.2, -0.15) is 0 Å². The van der Waals surface area contributed by atoms with Gasteiger partial charge in [0.2, 0.25) is 0 Å². The molecule has 0 radical (unpaired) electrons. The molecule has 0 aliphatic rings. The molecular formula is C21H20O6. The predicted molar refractivity (Wildman–Crippen MR) is 102 cm³/mol. The molecule has 1 heterocycles. The van der Waals surface area contributed by atoms with Crippen molar-refractivity contribution in [1.82, 2.24) is 0 Å². The van der Waals surface area contributed by atoms with Gasteiger partial charge in [-0.3, -0.25) is 4.79 Å². The van der Waals surface area contributed by atoms with E-state index >= 15 is 0 Å². The Balaban J connectivity index is 2.15. The van der Waals surface area contributed by atoms with Crippen molar-refractivity contribution in [2.24, 2.45) is 0 Å². The molecule has 0 saturated heterocycles. The number of ketones is 1. The lowest BCUT2D eigenvalue weighted by Gasteiger charge is -2.12. The van der Waals surface area contributed by atoms with E-state index < -0.39 is 5.63 Å². The molecule has 6 nitrogen and oxygen atoms in total. The maximum Gasteiger partial charge on any atom is 0.344 e. The van der Waals surface area contributed by atoms with E-state index in [2.05, 4.69) is 0 Å². The van der Waals surface area contributed by atoms with E-state index in [-0.39, 0.29) is 12.4 Å². The average Bonchev–Trinajstić information content (AvgIpc) is 2.66. The summed E-state index contributed by atoms with van der Waals surface area (Å²) in [6, 6.07) is 10.4. The summed E-state index contributed by atoms with van der Waals surface area (Å²) in [7, 11) is 3.09. The Morgan fingerprint density at radius 2 is 1.78 bits per heavy atom. The topological polar surface area (TPSA) is 75.0 Å². The molecule has 0 aliphatic heterocycles. The first kappa shape index (κ1) is 18.5. The van der Waals surface area contributed by atoms with Crippen LogP contribution in [0.25, 0.3) is 22.1 Å². The number of benzene rings is 2. The summed E-state index contributed by atoms with van der Waals surface area (Å²) in [5.74, 6) is 1.56. The summed E-state index contributed by atoms with van der Waals surface area (Å²) in [5, 5.41) is 0.737. The van der Waals surface area contributed by atoms with Crippen LogP contribution in [-0.2, 0) is 4.79 Å². The van der Waals surface area contributed by atoms with Crippen LogP contribution in [0.5, 0.6) is 17.2 Å². The summed E-state index contributed by atoms with van der Waals surface area (Å²) in [6.07, 6.45) is 0. The van der Waals surface area contributed by atoms with Crippen LogP contribution in [0, 0.1) is 6.92 Å². The van der Waals surface area contributed by atoms with Crippen molar-refractivity contribution in [2.45, 2.75) is 13.8 Å². The number of fused-ring (bicyclic) bond motifs is 1. The standard InChI is InChI=1S/C21H20O6/c1-12(22)11-26-15-6-8-17-16(10-15)13(2)20(21(23)27-17)14-5-7-18(24-3)19(9-14)25-4/h5-10H,11H2,1-4H3. The number of carbonyl (C=O) groups is 1. The summed E-state index contributed by atoms with van der Waals surface area (Å²) in [4.78, 5) is 23.7. The molecule has 0 amide bonds. The highest BCUT2D eigenvalue weighted by molar-refractivity contribution is 5.88. The second-order valence-electron chi connectivity index (χ2n) is 6.11. The Morgan fingerprint density at radius 1 is 1.04 bits per heavy atom. The van der Waals surface area contributed by atoms with Crippen LogP contribution >= 0.6 is 0 Å². The van der Waals surface area contributed by atoms with Crippen molar-refractivity contribution in [3.05, 3.63) is 52.4 Å². The van der Waals surface area contributed by atoms with Crippen LogP contribution in [-0.4, -0.2) is 26.6 Å². The van der Waals surface area contributed by atoms with Gasteiger partial charge in [0.05, 0.1) is 19.8 Å². The van der Waals surface area contributed by atoms with Gasteiger partial charge in [-0.05, 0) is 55.3 Å². The summed E-state index contributed by atoms with van der Waals surface area (Å²) in [5.41, 5.74) is 1.87.